The van der Waals surface area contributed by atoms with Crippen molar-refractivity contribution in [3.63, 3.8) is 0 Å². The van der Waals surface area contributed by atoms with Gasteiger partial charge in [-0.25, -0.2) is 0 Å². The molecule has 0 radical (unpaired) electrons. The summed E-state index contributed by atoms with van der Waals surface area (Å²) < 4.78 is 0. The molecule has 2 rings (SSSR count). The molecule has 0 aromatic heterocycles. The van der Waals surface area contributed by atoms with Crippen LogP contribution in [0, 0.1) is 5.92 Å². The van der Waals surface area contributed by atoms with Gasteiger partial charge in [0.1, 0.15) is 0 Å². The number of nitrogens with two attached hydrogens (primary N) is 1. The van der Waals surface area contributed by atoms with Gasteiger partial charge in [0.25, 0.3) is 0 Å². The summed E-state index contributed by atoms with van der Waals surface area (Å²) in [6.07, 6.45) is 4.29. The molecular weight excluding hydrogens is 196 g/mol. The Morgan fingerprint density at radius 1 is 1.19 bits per heavy atom. The molecule has 1 aliphatic carbocycles. The highest BCUT2D eigenvalue weighted by Gasteiger charge is 2.18. The molecule has 1 aromatic rings. The molecule has 2 heteroatoms. The molecule has 1 fully saturated rings. The second-order valence-electron chi connectivity index (χ2n) is 5.01. The molecule has 2 N–H and O–H groups in total. The fourth-order valence-corrected chi connectivity index (χ4v) is 2.27. The minimum absolute atomic E-state index is 0.637. The van der Waals surface area contributed by atoms with Gasteiger partial charge in [-0.05, 0) is 36.9 Å². The van der Waals surface area contributed by atoms with Crippen LogP contribution in [0.25, 0.3) is 0 Å². The maximum Gasteiger partial charge on any atom is 0.0230 e. The first kappa shape index (κ1) is 11.6. The summed E-state index contributed by atoms with van der Waals surface area (Å²) in [6, 6.07) is 8.65. The normalized spacial score (nSPS) is 16.4. The highest BCUT2D eigenvalue weighted by atomic mass is 15.1. The lowest BCUT2D eigenvalue weighted by atomic mass is 9.85. The second kappa shape index (κ2) is 5.46. The molecule has 2 nitrogen and oxygen atoms in total. The first-order valence-electron chi connectivity index (χ1n) is 6.24. The van der Waals surface area contributed by atoms with Gasteiger partial charge in [0.15, 0.2) is 0 Å². The molecule has 0 aliphatic heterocycles. The Kier molecular flexibility index (Phi) is 3.97. The highest BCUT2D eigenvalue weighted by molar-refractivity contribution is 5.22. The van der Waals surface area contributed by atoms with Crippen LogP contribution in [-0.4, -0.2) is 18.5 Å². The van der Waals surface area contributed by atoms with E-state index in [9.17, 15) is 0 Å². The van der Waals surface area contributed by atoms with E-state index in [1.165, 1.54) is 36.9 Å². The van der Waals surface area contributed by atoms with Crippen molar-refractivity contribution in [2.75, 3.05) is 13.6 Å². The van der Waals surface area contributed by atoms with Gasteiger partial charge in [0.05, 0.1) is 0 Å². The van der Waals surface area contributed by atoms with Gasteiger partial charge >= 0.3 is 0 Å². The zero-order valence-electron chi connectivity index (χ0n) is 10.2. The van der Waals surface area contributed by atoms with Crippen molar-refractivity contribution < 1.29 is 0 Å². The zero-order chi connectivity index (χ0) is 11.4. The fraction of sp³-hybridized carbons (Fsp3) is 0.571. The summed E-state index contributed by atoms with van der Waals surface area (Å²) in [5.41, 5.74) is 8.18. The first-order valence-corrected chi connectivity index (χ1v) is 6.24. The Bertz CT molecular complexity index is 314. The van der Waals surface area contributed by atoms with Crippen LogP contribution in [0.15, 0.2) is 24.3 Å². The van der Waals surface area contributed by atoms with E-state index in [-0.39, 0.29) is 0 Å². The molecule has 0 unspecified atom stereocenters. The SMILES string of the molecule is CN(Cc1ccc(CN)cc1)CC1CCC1. The minimum Gasteiger partial charge on any atom is -0.326 e. The number of benzene rings is 1. The van der Waals surface area contributed by atoms with E-state index in [2.05, 4.69) is 36.2 Å². The summed E-state index contributed by atoms with van der Waals surface area (Å²) in [5, 5.41) is 0. The van der Waals surface area contributed by atoms with Crippen molar-refractivity contribution in [2.24, 2.45) is 11.7 Å². The maximum absolute atomic E-state index is 5.58. The van der Waals surface area contributed by atoms with Gasteiger partial charge in [-0.1, -0.05) is 30.7 Å². The summed E-state index contributed by atoms with van der Waals surface area (Å²) in [6.45, 7) is 2.94. The average Bonchev–Trinajstić information content (AvgIpc) is 2.25. The lowest BCUT2D eigenvalue weighted by Crippen LogP contribution is -2.29. The van der Waals surface area contributed by atoms with Gasteiger partial charge in [-0.2, -0.15) is 0 Å². The quantitative estimate of drug-likeness (QED) is 0.822. The van der Waals surface area contributed by atoms with E-state index in [0.29, 0.717) is 6.54 Å². The van der Waals surface area contributed by atoms with Gasteiger partial charge < -0.3 is 10.6 Å². The number of nitrogens with zero attached hydrogens (tertiary/aromatic N) is 1. The van der Waals surface area contributed by atoms with E-state index in [4.69, 9.17) is 5.73 Å². The predicted molar refractivity (Wildman–Crippen MR) is 68.0 cm³/mol. The topological polar surface area (TPSA) is 29.3 Å². The van der Waals surface area contributed by atoms with Gasteiger partial charge in [0.2, 0.25) is 0 Å². The highest BCUT2D eigenvalue weighted by Crippen LogP contribution is 2.27. The molecule has 0 spiro atoms. The largest absolute Gasteiger partial charge is 0.326 e. The Morgan fingerprint density at radius 3 is 2.31 bits per heavy atom. The van der Waals surface area contributed by atoms with Crippen LogP contribution < -0.4 is 5.73 Å². The number of rotatable bonds is 5. The van der Waals surface area contributed by atoms with Crippen molar-refractivity contribution in [1.29, 1.82) is 0 Å². The van der Waals surface area contributed by atoms with E-state index in [0.717, 1.165) is 12.5 Å². The monoisotopic (exact) mass is 218 g/mol. The average molecular weight is 218 g/mol. The molecule has 0 heterocycles. The minimum atomic E-state index is 0.637. The van der Waals surface area contributed by atoms with Crippen LogP contribution in [0.4, 0.5) is 0 Å². The van der Waals surface area contributed by atoms with Crippen molar-refractivity contribution >= 4 is 0 Å². The zero-order valence-corrected chi connectivity index (χ0v) is 10.2. The van der Waals surface area contributed by atoms with Crippen molar-refractivity contribution in [2.45, 2.75) is 32.4 Å². The maximum atomic E-state index is 5.58. The number of hydrogen-bond donors (Lipinski definition) is 1. The van der Waals surface area contributed by atoms with Gasteiger partial charge in [-0.3, -0.25) is 0 Å². The van der Waals surface area contributed by atoms with Crippen LogP contribution in [0.1, 0.15) is 30.4 Å². The third-order valence-corrected chi connectivity index (χ3v) is 3.51. The Hall–Kier alpha value is -0.860. The summed E-state index contributed by atoms with van der Waals surface area (Å²) in [7, 11) is 2.22. The second-order valence-corrected chi connectivity index (χ2v) is 5.01. The third-order valence-electron chi connectivity index (χ3n) is 3.51. The molecule has 1 aliphatic rings. The smallest absolute Gasteiger partial charge is 0.0230 e. The van der Waals surface area contributed by atoms with Crippen molar-refractivity contribution in [3.8, 4) is 0 Å². The van der Waals surface area contributed by atoms with Gasteiger partial charge in [-0.15, -0.1) is 0 Å². The molecule has 0 amide bonds. The van der Waals surface area contributed by atoms with Crippen molar-refractivity contribution in [3.05, 3.63) is 35.4 Å². The summed E-state index contributed by atoms with van der Waals surface area (Å²) >= 11 is 0. The van der Waals surface area contributed by atoms with Gasteiger partial charge in [0, 0.05) is 19.6 Å². The van der Waals surface area contributed by atoms with Crippen LogP contribution >= 0.6 is 0 Å². The van der Waals surface area contributed by atoms with Crippen LogP contribution in [0.5, 0.6) is 0 Å². The van der Waals surface area contributed by atoms with E-state index < -0.39 is 0 Å². The van der Waals surface area contributed by atoms with E-state index in [1.54, 1.807) is 0 Å². The standard InChI is InChI=1S/C14H22N2/c1-16(10-13-3-2-4-13)11-14-7-5-12(9-15)6-8-14/h5-8,13H,2-4,9-11,15H2,1H3. The molecule has 16 heavy (non-hydrogen) atoms. The van der Waals surface area contributed by atoms with E-state index >= 15 is 0 Å². The van der Waals surface area contributed by atoms with Crippen LogP contribution in [-0.2, 0) is 13.1 Å². The Morgan fingerprint density at radius 2 is 1.81 bits per heavy atom. The molecular formula is C14H22N2. The first-order chi connectivity index (χ1) is 7.78. The van der Waals surface area contributed by atoms with Crippen molar-refractivity contribution in [1.82, 2.24) is 4.90 Å². The lowest BCUT2D eigenvalue weighted by molar-refractivity contribution is 0.200. The molecule has 0 saturated heterocycles. The summed E-state index contributed by atoms with van der Waals surface area (Å²) in [5.74, 6) is 0.952. The molecule has 0 atom stereocenters. The molecule has 1 saturated carbocycles. The summed E-state index contributed by atoms with van der Waals surface area (Å²) in [4.78, 5) is 2.43. The van der Waals surface area contributed by atoms with Crippen LogP contribution in [0.3, 0.4) is 0 Å². The molecule has 0 bridgehead atoms. The Balaban J connectivity index is 1.82. The lowest BCUT2D eigenvalue weighted by Gasteiger charge is -2.30. The number of hydrogen-bond acceptors (Lipinski definition) is 2. The Labute approximate surface area is 98.4 Å². The van der Waals surface area contributed by atoms with Crippen LogP contribution in [0.2, 0.25) is 0 Å². The molecule has 1 aromatic carbocycles. The fourth-order valence-electron chi connectivity index (χ4n) is 2.27. The molecule has 88 valence electrons. The van der Waals surface area contributed by atoms with E-state index in [1.807, 2.05) is 0 Å². The predicted octanol–water partition coefficient (Wildman–Crippen LogP) is 2.38. The third kappa shape index (κ3) is 3.06.